The highest BCUT2D eigenvalue weighted by Crippen LogP contribution is 2.51. The number of hydrogen-bond donors (Lipinski definition) is 3. The van der Waals surface area contributed by atoms with Crippen LogP contribution in [0.15, 0.2) is 34.1 Å². The fourth-order valence-electron chi connectivity index (χ4n) is 2.95. The lowest BCUT2D eigenvalue weighted by Crippen LogP contribution is -2.29. The average molecular weight is 343 g/mol. The number of carboxylic acids is 1. The minimum atomic E-state index is -0.986. The number of aliphatic carboxylic acids is 1. The molecule has 0 saturated heterocycles. The molecule has 5 N–H and O–H groups in total. The molecule has 24 heavy (non-hydrogen) atoms. The van der Waals surface area contributed by atoms with Gasteiger partial charge >= 0.3 is 5.97 Å². The first-order valence-corrected chi connectivity index (χ1v) is 8.12. The van der Waals surface area contributed by atoms with Crippen LogP contribution >= 0.6 is 11.8 Å². The summed E-state index contributed by atoms with van der Waals surface area (Å²) in [4.78, 5) is 26.5. The van der Waals surface area contributed by atoms with Crippen LogP contribution < -0.4 is 16.4 Å². The first-order valence-electron chi connectivity index (χ1n) is 7.30. The van der Waals surface area contributed by atoms with Gasteiger partial charge in [0.1, 0.15) is 6.54 Å². The molecule has 0 atom stereocenters. The number of nitrogen functional groups attached to an aromatic ring is 1. The van der Waals surface area contributed by atoms with Gasteiger partial charge in [-0.15, -0.1) is 0 Å². The predicted octanol–water partition coefficient (Wildman–Crippen LogP) is 2.67. The van der Waals surface area contributed by atoms with E-state index >= 15 is 0 Å². The molecule has 7 heteroatoms. The summed E-state index contributed by atoms with van der Waals surface area (Å²) < 4.78 is 0. The molecule has 3 rings (SSSR count). The fourth-order valence-corrected chi connectivity index (χ4v) is 4.27. The number of anilines is 3. The molecule has 0 bridgehead atoms. The van der Waals surface area contributed by atoms with E-state index in [2.05, 4.69) is 0 Å². The number of nitrogens with zero attached hydrogens (tertiary/aromatic N) is 1. The zero-order valence-corrected chi connectivity index (χ0v) is 14.1. The Labute approximate surface area is 143 Å². The Hall–Kier alpha value is -2.67. The van der Waals surface area contributed by atoms with E-state index in [9.17, 15) is 14.7 Å². The van der Waals surface area contributed by atoms with Crippen LogP contribution in [0, 0.1) is 13.8 Å². The molecule has 1 aliphatic rings. The van der Waals surface area contributed by atoms with Crippen LogP contribution in [0.1, 0.15) is 21.5 Å². The maximum Gasteiger partial charge on any atom is 0.323 e. The maximum absolute atomic E-state index is 11.7. The van der Waals surface area contributed by atoms with Crippen molar-refractivity contribution in [3.8, 4) is 0 Å². The van der Waals surface area contributed by atoms with Gasteiger partial charge in [-0.2, -0.15) is 0 Å². The van der Waals surface area contributed by atoms with Crippen molar-refractivity contribution in [3.05, 3.63) is 41.0 Å². The molecule has 0 saturated carbocycles. The third-order valence-electron chi connectivity index (χ3n) is 3.94. The monoisotopic (exact) mass is 343 g/mol. The van der Waals surface area contributed by atoms with Gasteiger partial charge in [0.05, 0.1) is 22.6 Å². The molecule has 2 aromatic carbocycles. The van der Waals surface area contributed by atoms with Crippen LogP contribution in [0.2, 0.25) is 0 Å². The van der Waals surface area contributed by atoms with Crippen LogP contribution in [0.3, 0.4) is 0 Å². The van der Waals surface area contributed by atoms with Crippen molar-refractivity contribution in [3.63, 3.8) is 0 Å². The van der Waals surface area contributed by atoms with E-state index in [1.165, 1.54) is 11.8 Å². The Morgan fingerprint density at radius 1 is 1.21 bits per heavy atom. The zero-order chi connectivity index (χ0) is 17.6. The van der Waals surface area contributed by atoms with Crippen molar-refractivity contribution in [2.75, 3.05) is 17.2 Å². The number of amides is 1. The van der Waals surface area contributed by atoms with Crippen molar-refractivity contribution in [2.45, 2.75) is 23.6 Å². The van der Waals surface area contributed by atoms with E-state index < -0.39 is 11.9 Å². The van der Waals surface area contributed by atoms with Crippen LogP contribution in [-0.2, 0) is 4.79 Å². The Morgan fingerprint density at radius 3 is 2.54 bits per heavy atom. The predicted molar refractivity (Wildman–Crippen MR) is 94.1 cm³/mol. The van der Waals surface area contributed by atoms with Gasteiger partial charge in [-0.05, 0) is 43.2 Å². The van der Waals surface area contributed by atoms with Gasteiger partial charge in [-0.3, -0.25) is 9.59 Å². The van der Waals surface area contributed by atoms with Crippen LogP contribution in [0.5, 0.6) is 0 Å². The molecule has 1 aliphatic heterocycles. The lowest BCUT2D eigenvalue weighted by atomic mass is 10.0. The minimum absolute atomic E-state index is 0.220. The number of carboxylic acid groups (broad SMARTS) is 1. The smallest absolute Gasteiger partial charge is 0.323 e. The highest BCUT2D eigenvalue weighted by atomic mass is 32.2. The van der Waals surface area contributed by atoms with Gasteiger partial charge in [0.25, 0.3) is 5.91 Å². The topological polar surface area (TPSA) is 110 Å². The van der Waals surface area contributed by atoms with E-state index in [-0.39, 0.29) is 17.8 Å². The quantitative estimate of drug-likeness (QED) is 0.739. The molecule has 1 amide bonds. The molecule has 0 aliphatic carbocycles. The normalized spacial score (nSPS) is 12.5. The Morgan fingerprint density at radius 2 is 1.92 bits per heavy atom. The molecule has 0 radical (unpaired) electrons. The SMILES string of the molecule is Cc1ccc2c(c1)Sc1cc(C)c(C(N)=O)c(N)c1N2CC(=O)O. The number of benzene rings is 2. The summed E-state index contributed by atoms with van der Waals surface area (Å²) in [5.41, 5.74) is 15.2. The third-order valence-corrected chi connectivity index (χ3v) is 5.01. The minimum Gasteiger partial charge on any atom is -0.480 e. The van der Waals surface area contributed by atoms with Gasteiger partial charge in [0, 0.05) is 9.79 Å². The molecule has 0 spiro atoms. The second-order valence-corrected chi connectivity index (χ2v) is 6.83. The lowest BCUT2D eigenvalue weighted by molar-refractivity contribution is -0.135. The van der Waals surface area contributed by atoms with Crippen LogP contribution in [0.4, 0.5) is 17.1 Å². The molecule has 2 aromatic rings. The van der Waals surface area contributed by atoms with Crippen molar-refractivity contribution < 1.29 is 14.7 Å². The number of primary amides is 1. The second-order valence-electron chi connectivity index (χ2n) is 5.75. The van der Waals surface area contributed by atoms with Gasteiger partial charge in [0.2, 0.25) is 0 Å². The molecule has 6 nitrogen and oxygen atoms in total. The first kappa shape index (κ1) is 16.2. The standard InChI is InChI=1S/C17H17N3O3S/c1-8-3-4-10-11(5-8)24-12-6-9(2)14(17(19)23)15(18)16(12)20(10)7-13(21)22/h3-6H,7,18H2,1-2H3,(H2,19,23)(H,21,22). The highest BCUT2D eigenvalue weighted by molar-refractivity contribution is 7.99. The van der Waals surface area contributed by atoms with Crippen molar-refractivity contribution in [2.24, 2.45) is 5.73 Å². The van der Waals surface area contributed by atoms with E-state index in [0.717, 1.165) is 21.0 Å². The average Bonchev–Trinajstić information content (AvgIpc) is 2.44. The van der Waals surface area contributed by atoms with Gasteiger partial charge in [0.15, 0.2) is 0 Å². The summed E-state index contributed by atoms with van der Waals surface area (Å²) in [5.74, 6) is -1.61. The molecule has 0 unspecified atom stereocenters. The fraction of sp³-hybridized carbons (Fsp3) is 0.176. The largest absolute Gasteiger partial charge is 0.480 e. The number of carbonyl (C=O) groups excluding carboxylic acids is 1. The summed E-state index contributed by atoms with van der Waals surface area (Å²) in [5, 5.41) is 9.31. The van der Waals surface area contributed by atoms with E-state index in [1.54, 1.807) is 11.8 Å². The summed E-state index contributed by atoms with van der Waals surface area (Å²) in [6, 6.07) is 7.62. The number of fused-ring (bicyclic) bond motifs is 2. The summed E-state index contributed by atoms with van der Waals surface area (Å²) in [6.07, 6.45) is 0. The zero-order valence-electron chi connectivity index (χ0n) is 13.3. The maximum atomic E-state index is 11.7. The Bertz CT molecular complexity index is 880. The second kappa shape index (κ2) is 5.76. The first-order chi connectivity index (χ1) is 11.3. The van der Waals surface area contributed by atoms with Crippen LogP contribution in [0.25, 0.3) is 0 Å². The van der Waals surface area contributed by atoms with Gasteiger partial charge < -0.3 is 21.5 Å². The molecule has 0 fully saturated rings. The summed E-state index contributed by atoms with van der Waals surface area (Å²) in [6.45, 7) is 3.49. The summed E-state index contributed by atoms with van der Waals surface area (Å²) in [7, 11) is 0. The van der Waals surface area contributed by atoms with E-state index in [4.69, 9.17) is 11.5 Å². The molecule has 0 aromatic heterocycles. The van der Waals surface area contributed by atoms with E-state index in [1.807, 2.05) is 31.2 Å². The van der Waals surface area contributed by atoms with Crippen molar-refractivity contribution in [1.82, 2.24) is 0 Å². The molecular formula is C17H17N3O3S. The van der Waals surface area contributed by atoms with Crippen molar-refractivity contribution >= 4 is 40.7 Å². The van der Waals surface area contributed by atoms with E-state index in [0.29, 0.717) is 11.3 Å². The molecular weight excluding hydrogens is 326 g/mol. The Kier molecular flexibility index (Phi) is 3.88. The molecule has 1 heterocycles. The van der Waals surface area contributed by atoms with Gasteiger partial charge in [-0.1, -0.05) is 17.8 Å². The number of hydrogen-bond acceptors (Lipinski definition) is 5. The van der Waals surface area contributed by atoms with Crippen LogP contribution in [-0.4, -0.2) is 23.5 Å². The van der Waals surface area contributed by atoms with Crippen molar-refractivity contribution in [1.29, 1.82) is 0 Å². The lowest BCUT2D eigenvalue weighted by Gasteiger charge is -2.33. The number of rotatable bonds is 3. The number of nitrogens with two attached hydrogens (primary N) is 2. The Balaban J connectivity index is 2.28. The number of aryl methyl sites for hydroxylation is 2. The summed E-state index contributed by atoms with van der Waals surface area (Å²) >= 11 is 1.51. The van der Waals surface area contributed by atoms with Gasteiger partial charge in [-0.25, -0.2) is 0 Å². The third kappa shape index (κ3) is 2.56. The molecule has 124 valence electrons. The highest BCUT2D eigenvalue weighted by Gasteiger charge is 2.30. The number of carbonyl (C=O) groups is 2.